The van der Waals surface area contributed by atoms with Crippen LogP contribution in [0.5, 0.6) is 5.75 Å². The Labute approximate surface area is 212 Å². The van der Waals surface area contributed by atoms with Gasteiger partial charge >= 0.3 is 0 Å². The van der Waals surface area contributed by atoms with Crippen molar-refractivity contribution in [1.29, 1.82) is 0 Å². The molecule has 4 aromatic rings. The molecule has 2 heterocycles. The maximum absolute atomic E-state index is 5.89. The lowest BCUT2D eigenvalue weighted by atomic mass is 10.0. The average molecular weight is 485 g/mol. The number of imidazole rings is 1. The Balaban J connectivity index is 0.000000308. The fourth-order valence-electron chi connectivity index (χ4n) is 4.20. The Morgan fingerprint density at radius 1 is 1.17 bits per heavy atom. The fourth-order valence-corrected chi connectivity index (χ4v) is 5.16. The molecular weight excluding hydrogens is 452 g/mol. The quantitative estimate of drug-likeness (QED) is 0.317. The van der Waals surface area contributed by atoms with Crippen molar-refractivity contribution >= 4 is 11.3 Å². The normalized spacial score (nSPS) is 11.9. The van der Waals surface area contributed by atoms with Gasteiger partial charge in [0.1, 0.15) is 16.6 Å². The van der Waals surface area contributed by atoms with Gasteiger partial charge in [-0.3, -0.25) is 0 Å². The summed E-state index contributed by atoms with van der Waals surface area (Å²) in [5.74, 6) is 7.97. The molecule has 0 spiro atoms. The fraction of sp³-hybridized carbons (Fsp3) is 0.310. The molecule has 6 heteroatoms. The van der Waals surface area contributed by atoms with Gasteiger partial charge in [0.25, 0.3) is 0 Å². The number of aromatic nitrogens is 3. The minimum atomic E-state index is 0.125. The summed E-state index contributed by atoms with van der Waals surface area (Å²) in [5, 5.41) is 4.00. The number of fused-ring (bicyclic) bond motifs is 1. The first-order valence-electron chi connectivity index (χ1n) is 12.0. The molecule has 0 saturated carbocycles. The van der Waals surface area contributed by atoms with Crippen molar-refractivity contribution < 1.29 is 4.74 Å². The van der Waals surface area contributed by atoms with Crippen molar-refractivity contribution in [3.8, 4) is 38.6 Å². The molecule has 0 aliphatic heterocycles. The SMILES string of the molecule is CC#Cc1cc(-c2ncc(-c3cccc4c3CCC4)s2)ccc1OC(C)C.CNCc1ncc[nH]1. The van der Waals surface area contributed by atoms with E-state index in [0.717, 1.165) is 34.3 Å². The number of hydrogen-bond acceptors (Lipinski definition) is 5. The third-order valence-corrected chi connectivity index (χ3v) is 6.74. The van der Waals surface area contributed by atoms with Crippen LogP contribution in [0.3, 0.4) is 0 Å². The van der Waals surface area contributed by atoms with Crippen LogP contribution in [0.4, 0.5) is 0 Å². The van der Waals surface area contributed by atoms with E-state index in [-0.39, 0.29) is 6.10 Å². The van der Waals surface area contributed by atoms with Crippen LogP contribution in [-0.2, 0) is 19.4 Å². The van der Waals surface area contributed by atoms with Crippen molar-refractivity contribution in [2.45, 2.75) is 52.7 Å². The lowest BCUT2D eigenvalue weighted by Gasteiger charge is -2.12. The van der Waals surface area contributed by atoms with Gasteiger partial charge in [0.05, 0.1) is 23.1 Å². The van der Waals surface area contributed by atoms with E-state index in [4.69, 9.17) is 9.72 Å². The van der Waals surface area contributed by atoms with Crippen LogP contribution in [0.15, 0.2) is 55.0 Å². The van der Waals surface area contributed by atoms with Gasteiger partial charge in [0, 0.05) is 24.2 Å². The number of H-pyrrole nitrogens is 1. The van der Waals surface area contributed by atoms with Gasteiger partial charge in [-0.25, -0.2) is 9.97 Å². The number of thiazole rings is 1. The van der Waals surface area contributed by atoms with Gasteiger partial charge in [0.2, 0.25) is 0 Å². The second-order valence-corrected chi connectivity index (χ2v) is 9.68. The van der Waals surface area contributed by atoms with E-state index in [1.54, 1.807) is 17.5 Å². The Hall–Kier alpha value is -3.40. The minimum Gasteiger partial charge on any atom is -0.490 e. The van der Waals surface area contributed by atoms with Crippen LogP contribution in [0.2, 0.25) is 0 Å². The predicted octanol–water partition coefficient (Wildman–Crippen LogP) is 6.25. The average Bonchev–Trinajstić information content (AvgIpc) is 3.62. The molecule has 5 nitrogen and oxygen atoms in total. The molecular formula is C29H32N4OS. The Morgan fingerprint density at radius 3 is 2.80 bits per heavy atom. The minimum absolute atomic E-state index is 0.125. The monoisotopic (exact) mass is 484 g/mol. The second-order valence-electron chi connectivity index (χ2n) is 8.65. The highest BCUT2D eigenvalue weighted by atomic mass is 32.1. The number of nitrogens with zero attached hydrogens (tertiary/aromatic N) is 2. The molecule has 180 valence electrons. The first-order chi connectivity index (χ1) is 17.1. The first-order valence-corrected chi connectivity index (χ1v) is 12.8. The molecule has 0 unspecified atom stereocenters. The molecule has 0 atom stereocenters. The van der Waals surface area contributed by atoms with Gasteiger partial charge in [0.15, 0.2) is 0 Å². The highest BCUT2D eigenvalue weighted by molar-refractivity contribution is 7.18. The number of hydrogen-bond donors (Lipinski definition) is 2. The number of nitrogens with one attached hydrogen (secondary N) is 2. The smallest absolute Gasteiger partial charge is 0.135 e. The molecule has 35 heavy (non-hydrogen) atoms. The predicted molar refractivity (Wildman–Crippen MR) is 145 cm³/mol. The highest BCUT2D eigenvalue weighted by Gasteiger charge is 2.17. The number of aryl methyl sites for hydroxylation is 1. The number of aromatic amines is 1. The van der Waals surface area contributed by atoms with E-state index in [0.29, 0.717) is 0 Å². The van der Waals surface area contributed by atoms with E-state index in [9.17, 15) is 0 Å². The van der Waals surface area contributed by atoms with Gasteiger partial charge < -0.3 is 15.0 Å². The number of rotatable bonds is 6. The molecule has 0 radical (unpaired) electrons. The molecule has 2 aromatic carbocycles. The molecule has 0 bridgehead atoms. The van der Waals surface area contributed by atoms with Crippen LogP contribution in [0.25, 0.3) is 21.0 Å². The van der Waals surface area contributed by atoms with E-state index in [1.165, 1.54) is 40.8 Å². The number of benzene rings is 2. The lowest BCUT2D eigenvalue weighted by molar-refractivity contribution is 0.242. The molecule has 0 fully saturated rings. The topological polar surface area (TPSA) is 62.8 Å². The molecule has 1 aliphatic carbocycles. The van der Waals surface area contributed by atoms with E-state index in [2.05, 4.69) is 57.5 Å². The summed E-state index contributed by atoms with van der Waals surface area (Å²) < 4.78 is 5.89. The van der Waals surface area contributed by atoms with Crippen LogP contribution >= 0.6 is 11.3 Å². The van der Waals surface area contributed by atoms with Crippen LogP contribution in [-0.4, -0.2) is 28.1 Å². The van der Waals surface area contributed by atoms with Crippen LogP contribution in [0, 0.1) is 11.8 Å². The summed E-state index contributed by atoms with van der Waals surface area (Å²) >= 11 is 1.75. The standard InChI is InChI=1S/C24H23NOS.C5H9N3/c1-4-7-18-14-19(12-13-22(18)26-16(2)3)24-25-15-23(27-24)21-11-6-9-17-8-5-10-20(17)21;1-6-4-5-7-2-3-8-5/h6,9,11-16H,5,8,10H2,1-3H3;2-3,6H,4H2,1H3,(H,7,8). The zero-order valence-electron chi connectivity index (χ0n) is 20.8. The van der Waals surface area contributed by atoms with Crippen LogP contribution in [0.1, 0.15) is 49.7 Å². The van der Waals surface area contributed by atoms with Crippen molar-refractivity contribution in [3.63, 3.8) is 0 Å². The molecule has 0 amide bonds. The maximum Gasteiger partial charge on any atom is 0.135 e. The largest absolute Gasteiger partial charge is 0.490 e. The van der Waals surface area contributed by atoms with E-state index < -0.39 is 0 Å². The van der Waals surface area contributed by atoms with Crippen molar-refractivity contribution in [2.24, 2.45) is 0 Å². The Bertz CT molecular complexity index is 1310. The zero-order valence-corrected chi connectivity index (χ0v) is 21.6. The molecule has 5 rings (SSSR count). The third kappa shape index (κ3) is 6.19. The van der Waals surface area contributed by atoms with Gasteiger partial charge in [-0.15, -0.1) is 17.3 Å². The molecule has 2 N–H and O–H groups in total. The summed E-state index contributed by atoms with van der Waals surface area (Å²) in [6.45, 7) is 6.72. The first kappa shape index (κ1) is 24.7. The zero-order chi connectivity index (χ0) is 24.6. The van der Waals surface area contributed by atoms with Gasteiger partial charge in [-0.1, -0.05) is 24.1 Å². The maximum atomic E-state index is 5.89. The lowest BCUT2D eigenvalue weighted by Crippen LogP contribution is -2.06. The van der Waals surface area contributed by atoms with Crippen molar-refractivity contribution in [3.05, 3.63) is 77.5 Å². The summed E-state index contributed by atoms with van der Waals surface area (Å²) in [4.78, 5) is 12.9. The molecule has 0 saturated heterocycles. The summed E-state index contributed by atoms with van der Waals surface area (Å²) in [6, 6.07) is 12.8. The van der Waals surface area contributed by atoms with Crippen LogP contribution < -0.4 is 10.1 Å². The summed E-state index contributed by atoms with van der Waals surface area (Å²) in [7, 11) is 1.89. The van der Waals surface area contributed by atoms with E-state index in [1.807, 2.05) is 46.3 Å². The summed E-state index contributed by atoms with van der Waals surface area (Å²) in [6.07, 6.45) is 9.33. The third-order valence-electron chi connectivity index (χ3n) is 5.67. The number of ether oxygens (including phenoxy) is 1. The second kappa shape index (κ2) is 11.8. The van der Waals surface area contributed by atoms with Gasteiger partial charge in [-0.2, -0.15) is 0 Å². The van der Waals surface area contributed by atoms with Crippen molar-refractivity contribution in [2.75, 3.05) is 7.05 Å². The highest BCUT2D eigenvalue weighted by Crippen LogP contribution is 2.38. The van der Waals surface area contributed by atoms with Gasteiger partial charge in [-0.05, 0) is 82.0 Å². The van der Waals surface area contributed by atoms with Crippen molar-refractivity contribution in [1.82, 2.24) is 20.3 Å². The Morgan fingerprint density at radius 2 is 2.06 bits per heavy atom. The molecule has 2 aromatic heterocycles. The molecule has 1 aliphatic rings. The Kier molecular flexibility index (Phi) is 8.36. The summed E-state index contributed by atoms with van der Waals surface area (Å²) in [5.41, 5.74) is 6.36. The van der Waals surface area contributed by atoms with E-state index >= 15 is 0 Å².